The van der Waals surface area contributed by atoms with Crippen molar-refractivity contribution in [2.45, 2.75) is 13.3 Å². The third-order valence-electron chi connectivity index (χ3n) is 1.36. The molecule has 0 saturated carbocycles. The Hall–Kier alpha value is -0.130. The highest BCUT2D eigenvalue weighted by molar-refractivity contribution is 7.79. The average Bonchev–Trinajstić information content (AvgIpc) is 1.98. The molecule has 2 atom stereocenters. The van der Waals surface area contributed by atoms with Gasteiger partial charge in [-0.3, -0.25) is 9.00 Å². The molecule has 0 aliphatic heterocycles. The second-order valence-corrected chi connectivity index (χ2v) is 3.04. The van der Waals surface area contributed by atoms with E-state index in [2.05, 4.69) is 4.74 Å². The van der Waals surface area contributed by atoms with E-state index in [0.29, 0.717) is 6.42 Å². The smallest absolute Gasteiger partial charge is 0.309 e. The van der Waals surface area contributed by atoms with Gasteiger partial charge in [0.2, 0.25) is 0 Å². The number of hydrogen-bond donors (Lipinski definition) is 0. The number of carbonyl (C=O) groups is 1. The summed E-state index contributed by atoms with van der Waals surface area (Å²) < 4.78 is 24.8. The number of hydrogen-bond acceptors (Lipinski definition) is 4. The van der Waals surface area contributed by atoms with Crippen molar-refractivity contribution in [1.29, 1.82) is 0 Å². The van der Waals surface area contributed by atoms with Gasteiger partial charge >= 0.3 is 5.97 Å². The summed E-state index contributed by atoms with van der Waals surface area (Å²) in [6.07, 6.45) is 0.487. The highest BCUT2D eigenvalue weighted by atomic mass is 35.5. The maximum atomic E-state index is 10.8. The molecule has 0 radical (unpaired) electrons. The monoisotopic (exact) mass is 215 g/mol. The zero-order valence-electron chi connectivity index (χ0n) is 6.94. The van der Waals surface area contributed by atoms with Crippen LogP contribution in [0.4, 0.5) is 0 Å². The van der Waals surface area contributed by atoms with Crippen molar-refractivity contribution in [2.75, 3.05) is 12.9 Å². The quantitative estimate of drug-likeness (QED) is 0.506. The Morgan fingerprint density at radius 1 is 1.67 bits per heavy atom. The molecule has 2 unspecified atom stereocenters. The van der Waals surface area contributed by atoms with Gasteiger partial charge in [0.15, 0.2) is 0 Å². The van der Waals surface area contributed by atoms with Crippen LogP contribution in [0.15, 0.2) is 0 Å². The van der Waals surface area contributed by atoms with Crippen molar-refractivity contribution in [2.24, 2.45) is 5.92 Å². The lowest BCUT2D eigenvalue weighted by Gasteiger charge is -2.13. The summed E-state index contributed by atoms with van der Waals surface area (Å²) in [6.45, 7) is 1.74. The van der Waals surface area contributed by atoms with Crippen LogP contribution in [-0.2, 0) is 20.6 Å². The van der Waals surface area contributed by atoms with E-state index < -0.39 is 23.0 Å². The van der Waals surface area contributed by atoms with Crippen molar-refractivity contribution in [3.05, 3.63) is 0 Å². The maximum absolute atomic E-state index is 10.8. The van der Waals surface area contributed by atoms with Crippen molar-refractivity contribution < 1.29 is 18.3 Å². The van der Waals surface area contributed by atoms with Crippen LogP contribution in [-0.4, -0.2) is 27.6 Å². The molecule has 6 heteroatoms. The first-order valence-corrected chi connectivity index (χ1v) is 4.49. The maximum Gasteiger partial charge on any atom is 0.309 e. The predicted octanol–water partition coefficient (Wildman–Crippen LogP) is 0.486. The van der Waals surface area contributed by atoms with Gasteiger partial charge in [0.25, 0.3) is 0 Å². The summed E-state index contributed by atoms with van der Waals surface area (Å²) in [7, 11) is 1.25. The minimum atomic E-state index is -2.17. The zero-order chi connectivity index (χ0) is 8.85. The highest BCUT2D eigenvalue weighted by Crippen LogP contribution is 2.05. The van der Waals surface area contributed by atoms with Gasteiger partial charge in [0, 0.05) is 5.75 Å². The van der Waals surface area contributed by atoms with Gasteiger partial charge < -0.3 is 9.29 Å². The Kier molecular flexibility index (Phi) is 9.02. The third kappa shape index (κ3) is 5.51. The van der Waals surface area contributed by atoms with Crippen LogP contribution in [0.25, 0.3) is 0 Å². The first-order valence-electron chi connectivity index (χ1n) is 3.25. The molecule has 0 rings (SSSR count). The summed E-state index contributed by atoms with van der Waals surface area (Å²) in [5.74, 6) is -1.13. The molecular weight excluding hydrogens is 204 g/mol. The molecule has 0 spiro atoms. The fraction of sp³-hybridized carbons (Fsp3) is 0.833. The highest BCUT2D eigenvalue weighted by Gasteiger charge is 2.16. The van der Waals surface area contributed by atoms with Gasteiger partial charge in [-0.05, 0) is 6.42 Å². The molecule has 0 aliphatic rings. The molecule has 0 aromatic heterocycles. The van der Waals surface area contributed by atoms with Crippen molar-refractivity contribution >= 4 is 29.5 Å². The summed E-state index contributed by atoms with van der Waals surface area (Å²) in [4.78, 5) is 10.8. The lowest BCUT2D eigenvalue weighted by atomic mass is 10.1. The number of methoxy groups -OCH3 is 1. The largest absolute Gasteiger partial charge is 0.772 e. The van der Waals surface area contributed by atoms with Gasteiger partial charge in [-0.2, -0.15) is 0 Å². The van der Waals surface area contributed by atoms with E-state index in [1.165, 1.54) is 7.11 Å². The molecule has 12 heavy (non-hydrogen) atoms. The molecule has 74 valence electrons. The molecule has 0 N–H and O–H groups in total. The SMILES string of the molecule is CCC(CS(=O)[O-])C(=O)OC.Cl. The number of carbonyl (C=O) groups excluding carboxylic acids is 1. The van der Waals surface area contributed by atoms with Crippen molar-refractivity contribution in [3.8, 4) is 0 Å². The van der Waals surface area contributed by atoms with Gasteiger partial charge in [-0.15, -0.1) is 12.4 Å². The van der Waals surface area contributed by atoms with Gasteiger partial charge in [0.1, 0.15) is 0 Å². The molecule has 0 aromatic carbocycles. The summed E-state index contributed by atoms with van der Waals surface area (Å²) in [5.41, 5.74) is 0. The van der Waals surface area contributed by atoms with E-state index in [1.54, 1.807) is 6.92 Å². The molecule has 0 saturated heterocycles. The topological polar surface area (TPSA) is 66.4 Å². The predicted molar refractivity (Wildman–Crippen MR) is 46.8 cm³/mol. The number of esters is 1. The van der Waals surface area contributed by atoms with E-state index >= 15 is 0 Å². The Bertz CT molecular complexity index is 162. The molecule has 0 heterocycles. The van der Waals surface area contributed by atoms with Crippen LogP contribution in [0.5, 0.6) is 0 Å². The van der Waals surface area contributed by atoms with Crippen molar-refractivity contribution in [1.82, 2.24) is 0 Å². The number of halogens is 1. The normalized spacial score (nSPS) is 14.2. The third-order valence-corrected chi connectivity index (χ3v) is 2.04. The first-order chi connectivity index (χ1) is 5.11. The fourth-order valence-electron chi connectivity index (χ4n) is 0.683. The first kappa shape index (κ1) is 14.4. The Morgan fingerprint density at radius 2 is 2.17 bits per heavy atom. The van der Waals surface area contributed by atoms with Crippen molar-refractivity contribution in [3.63, 3.8) is 0 Å². The molecule has 0 aromatic rings. The molecular formula is C6H12ClO4S-. The molecule has 4 nitrogen and oxygen atoms in total. The van der Waals surface area contributed by atoms with Gasteiger partial charge in [-0.1, -0.05) is 18.0 Å². The minimum Gasteiger partial charge on any atom is -0.772 e. The standard InChI is InChI=1S/C6H12O4S.ClH/c1-3-5(4-11(8)9)6(7)10-2;/h5H,3-4H2,1-2H3,(H,8,9);1H/p-1. The van der Waals surface area contributed by atoms with Gasteiger partial charge in [-0.25, -0.2) is 0 Å². The molecule has 0 aliphatic carbocycles. The Morgan fingerprint density at radius 3 is 2.42 bits per heavy atom. The van der Waals surface area contributed by atoms with Crippen LogP contribution >= 0.6 is 12.4 Å². The van der Waals surface area contributed by atoms with E-state index in [0.717, 1.165) is 0 Å². The van der Waals surface area contributed by atoms with E-state index in [4.69, 9.17) is 0 Å². The summed E-state index contributed by atoms with van der Waals surface area (Å²) >= 11 is -2.17. The molecule has 0 amide bonds. The average molecular weight is 216 g/mol. The second-order valence-electron chi connectivity index (χ2n) is 2.10. The Labute approximate surface area is 80.4 Å². The molecule has 0 fully saturated rings. The number of ether oxygens (including phenoxy) is 1. The van der Waals surface area contributed by atoms with Crippen LogP contribution in [0.3, 0.4) is 0 Å². The van der Waals surface area contributed by atoms with Crippen LogP contribution in [0.2, 0.25) is 0 Å². The fourth-order valence-corrected chi connectivity index (χ4v) is 1.38. The van der Waals surface area contributed by atoms with Crippen LogP contribution in [0.1, 0.15) is 13.3 Å². The van der Waals surface area contributed by atoms with E-state index in [-0.39, 0.29) is 18.2 Å². The lowest BCUT2D eigenvalue weighted by molar-refractivity contribution is -0.144. The summed E-state index contributed by atoms with van der Waals surface area (Å²) in [5, 5.41) is 0. The molecule has 0 bridgehead atoms. The van der Waals surface area contributed by atoms with Crippen LogP contribution in [0, 0.1) is 5.92 Å². The van der Waals surface area contributed by atoms with E-state index in [1.807, 2.05) is 0 Å². The number of rotatable bonds is 4. The van der Waals surface area contributed by atoms with Gasteiger partial charge in [0.05, 0.1) is 13.0 Å². The minimum absolute atomic E-state index is 0. The van der Waals surface area contributed by atoms with Crippen LogP contribution < -0.4 is 0 Å². The zero-order valence-corrected chi connectivity index (χ0v) is 8.57. The second kappa shape index (κ2) is 7.52. The Balaban J connectivity index is 0. The summed E-state index contributed by atoms with van der Waals surface area (Å²) in [6, 6.07) is 0. The van der Waals surface area contributed by atoms with E-state index in [9.17, 15) is 13.6 Å². The lowest BCUT2D eigenvalue weighted by Crippen LogP contribution is -2.21.